The number of nitrogens with one attached hydrogen (secondary N) is 2. The predicted molar refractivity (Wildman–Crippen MR) is 101 cm³/mol. The van der Waals surface area contributed by atoms with E-state index in [1.54, 1.807) is 16.8 Å². The van der Waals surface area contributed by atoms with Gasteiger partial charge < -0.3 is 5.32 Å². The number of nitrogens with zero attached hydrogens (tertiary/aromatic N) is 3. The van der Waals surface area contributed by atoms with Crippen LogP contribution in [0.15, 0.2) is 66.4 Å². The van der Waals surface area contributed by atoms with Gasteiger partial charge in [-0.1, -0.05) is 41.9 Å². The van der Waals surface area contributed by atoms with Crippen LogP contribution in [0.2, 0.25) is 5.02 Å². The third-order valence-corrected chi connectivity index (χ3v) is 4.34. The van der Waals surface area contributed by atoms with E-state index in [1.165, 1.54) is 0 Å². The average Bonchev–Trinajstić information content (AvgIpc) is 3.04. The molecule has 7 heteroatoms. The van der Waals surface area contributed by atoms with Crippen LogP contribution in [0.25, 0.3) is 0 Å². The summed E-state index contributed by atoms with van der Waals surface area (Å²) in [5.74, 6) is 0.581. The molecule has 6 nitrogen and oxygen atoms in total. The van der Waals surface area contributed by atoms with E-state index in [0.717, 1.165) is 11.3 Å². The van der Waals surface area contributed by atoms with Crippen molar-refractivity contribution in [2.24, 2.45) is 0 Å². The quantitative estimate of drug-likeness (QED) is 0.733. The van der Waals surface area contributed by atoms with Gasteiger partial charge in [0.25, 0.3) is 11.9 Å². The van der Waals surface area contributed by atoms with E-state index in [2.05, 4.69) is 20.7 Å². The molecule has 0 bridgehead atoms. The lowest BCUT2D eigenvalue weighted by Gasteiger charge is -2.22. The first kappa shape index (κ1) is 16.4. The normalized spacial score (nSPS) is 15.6. The Balaban J connectivity index is 1.63. The van der Waals surface area contributed by atoms with Gasteiger partial charge in [-0.05, 0) is 42.8 Å². The lowest BCUT2D eigenvalue weighted by Crippen LogP contribution is -2.19. The van der Waals surface area contributed by atoms with Crippen molar-refractivity contribution >= 4 is 29.4 Å². The Labute approximate surface area is 155 Å². The molecule has 2 heterocycles. The molecule has 1 aliphatic heterocycles. The Morgan fingerprint density at radius 3 is 2.62 bits per heavy atom. The smallest absolute Gasteiger partial charge is 0.258 e. The second-order valence-electron chi connectivity index (χ2n) is 5.99. The summed E-state index contributed by atoms with van der Waals surface area (Å²) in [6.45, 7) is 1.96. The van der Waals surface area contributed by atoms with E-state index in [1.807, 2.05) is 55.5 Å². The highest BCUT2D eigenvalue weighted by molar-refractivity contribution is 6.30. The second-order valence-corrected chi connectivity index (χ2v) is 6.43. The van der Waals surface area contributed by atoms with Crippen molar-refractivity contribution < 1.29 is 4.79 Å². The number of amides is 1. The highest BCUT2D eigenvalue weighted by atomic mass is 35.5. The van der Waals surface area contributed by atoms with Crippen LogP contribution in [0.3, 0.4) is 0 Å². The number of fused-ring (bicyclic) bond motifs is 1. The van der Waals surface area contributed by atoms with E-state index in [-0.39, 0.29) is 17.9 Å². The van der Waals surface area contributed by atoms with Gasteiger partial charge in [0, 0.05) is 16.3 Å². The average molecular weight is 366 g/mol. The molecule has 0 saturated heterocycles. The molecule has 2 N–H and O–H groups in total. The molecule has 0 unspecified atom stereocenters. The molecule has 3 aromatic rings. The Hall–Kier alpha value is -3.12. The summed E-state index contributed by atoms with van der Waals surface area (Å²) in [5, 5.41) is 11.1. The van der Waals surface area contributed by atoms with Gasteiger partial charge in [0.15, 0.2) is 0 Å². The zero-order chi connectivity index (χ0) is 18.1. The zero-order valence-corrected chi connectivity index (χ0v) is 14.7. The number of benzene rings is 2. The first-order chi connectivity index (χ1) is 12.6. The van der Waals surface area contributed by atoms with Crippen LogP contribution >= 0.6 is 11.6 Å². The summed E-state index contributed by atoms with van der Waals surface area (Å²) >= 11 is 5.99. The number of halogens is 1. The molecule has 1 aliphatic rings. The lowest BCUT2D eigenvalue weighted by atomic mass is 10.1. The highest BCUT2D eigenvalue weighted by Gasteiger charge is 2.24. The summed E-state index contributed by atoms with van der Waals surface area (Å²) < 4.78 is 1.75. The van der Waals surface area contributed by atoms with Crippen molar-refractivity contribution in [1.82, 2.24) is 14.8 Å². The number of rotatable bonds is 3. The molecule has 0 saturated carbocycles. The first-order valence-corrected chi connectivity index (χ1v) is 8.52. The van der Waals surface area contributed by atoms with Crippen LogP contribution in [0, 0.1) is 0 Å². The topological polar surface area (TPSA) is 71.8 Å². The van der Waals surface area contributed by atoms with Crippen LogP contribution in [0.1, 0.15) is 28.9 Å². The van der Waals surface area contributed by atoms with Crippen molar-refractivity contribution in [1.29, 1.82) is 0 Å². The SMILES string of the molecule is CC1=C[C@H](c2ccc(Cl)cc2)n2nc(NC(=O)c3ccccc3)nc2N1. The second kappa shape index (κ2) is 6.65. The highest BCUT2D eigenvalue weighted by Crippen LogP contribution is 2.30. The number of allylic oxidation sites excluding steroid dienone is 2. The molecule has 2 aromatic carbocycles. The van der Waals surface area contributed by atoms with E-state index >= 15 is 0 Å². The lowest BCUT2D eigenvalue weighted by molar-refractivity contribution is 0.102. The van der Waals surface area contributed by atoms with Crippen molar-refractivity contribution in [3.05, 3.63) is 82.5 Å². The number of anilines is 2. The van der Waals surface area contributed by atoms with E-state index < -0.39 is 0 Å². The van der Waals surface area contributed by atoms with Gasteiger partial charge in [-0.3, -0.25) is 10.1 Å². The van der Waals surface area contributed by atoms with Gasteiger partial charge in [-0.25, -0.2) is 4.68 Å². The third-order valence-electron chi connectivity index (χ3n) is 4.08. The van der Waals surface area contributed by atoms with E-state index in [9.17, 15) is 4.79 Å². The first-order valence-electron chi connectivity index (χ1n) is 8.14. The Kier molecular flexibility index (Phi) is 4.18. The molecule has 4 rings (SSSR count). The van der Waals surface area contributed by atoms with Crippen molar-refractivity contribution in [3.8, 4) is 0 Å². The van der Waals surface area contributed by atoms with Gasteiger partial charge in [-0.15, -0.1) is 5.10 Å². The fraction of sp³-hybridized carbons (Fsp3) is 0.105. The Morgan fingerprint density at radius 2 is 1.88 bits per heavy atom. The summed E-state index contributed by atoms with van der Waals surface area (Å²) in [4.78, 5) is 16.7. The van der Waals surface area contributed by atoms with Crippen LogP contribution in [0.4, 0.5) is 11.9 Å². The Morgan fingerprint density at radius 1 is 1.15 bits per heavy atom. The summed E-state index contributed by atoms with van der Waals surface area (Å²) in [6.07, 6.45) is 2.05. The number of aromatic nitrogens is 3. The van der Waals surface area contributed by atoms with Gasteiger partial charge in [0.05, 0.1) is 0 Å². The van der Waals surface area contributed by atoms with Crippen LogP contribution in [-0.4, -0.2) is 20.7 Å². The van der Waals surface area contributed by atoms with Gasteiger partial charge >= 0.3 is 0 Å². The molecule has 1 atom stereocenters. The van der Waals surface area contributed by atoms with Gasteiger partial charge in [0.2, 0.25) is 5.95 Å². The van der Waals surface area contributed by atoms with Crippen LogP contribution in [0.5, 0.6) is 0 Å². The molecule has 0 aliphatic carbocycles. The summed E-state index contributed by atoms with van der Waals surface area (Å²) in [5.41, 5.74) is 2.55. The molecular formula is C19H16ClN5O. The fourth-order valence-corrected chi connectivity index (χ4v) is 2.97. The van der Waals surface area contributed by atoms with Crippen molar-refractivity contribution in [2.45, 2.75) is 13.0 Å². The van der Waals surface area contributed by atoms with Crippen LogP contribution in [-0.2, 0) is 0 Å². The minimum atomic E-state index is -0.249. The third kappa shape index (κ3) is 3.19. The number of hydrogen-bond acceptors (Lipinski definition) is 4. The molecule has 0 fully saturated rings. The predicted octanol–water partition coefficient (Wildman–Crippen LogP) is 4.10. The number of carbonyl (C=O) groups is 1. The minimum Gasteiger partial charge on any atom is -0.329 e. The largest absolute Gasteiger partial charge is 0.329 e. The fourth-order valence-electron chi connectivity index (χ4n) is 2.84. The van der Waals surface area contributed by atoms with Crippen LogP contribution < -0.4 is 10.6 Å². The molecular weight excluding hydrogens is 350 g/mol. The summed E-state index contributed by atoms with van der Waals surface area (Å²) in [6, 6.07) is 16.4. The minimum absolute atomic E-state index is 0.126. The van der Waals surface area contributed by atoms with Gasteiger partial charge in [0.1, 0.15) is 6.04 Å². The maximum atomic E-state index is 12.3. The molecule has 1 amide bonds. The molecule has 0 spiro atoms. The maximum absolute atomic E-state index is 12.3. The van der Waals surface area contributed by atoms with Crippen molar-refractivity contribution in [2.75, 3.05) is 10.6 Å². The monoisotopic (exact) mass is 365 g/mol. The molecule has 26 heavy (non-hydrogen) atoms. The maximum Gasteiger partial charge on any atom is 0.258 e. The number of carbonyl (C=O) groups excluding carboxylic acids is 1. The summed E-state index contributed by atoms with van der Waals surface area (Å²) in [7, 11) is 0. The Bertz CT molecular complexity index is 979. The van der Waals surface area contributed by atoms with Gasteiger partial charge in [-0.2, -0.15) is 4.98 Å². The molecule has 0 radical (unpaired) electrons. The molecule has 1 aromatic heterocycles. The molecule has 130 valence electrons. The van der Waals surface area contributed by atoms with E-state index in [4.69, 9.17) is 11.6 Å². The van der Waals surface area contributed by atoms with E-state index in [0.29, 0.717) is 16.5 Å². The number of hydrogen-bond donors (Lipinski definition) is 2. The standard InChI is InChI=1S/C19H16ClN5O/c1-12-11-16(13-7-9-15(20)10-8-13)25-19(21-12)23-18(24-25)22-17(26)14-5-3-2-4-6-14/h2-11,16H,1H3,(H2,21,22,23,24,26)/t16-/m1/s1. The van der Waals surface area contributed by atoms with Crippen molar-refractivity contribution in [3.63, 3.8) is 0 Å². The zero-order valence-electron chi connectivity index (χ0n) is 14.0.